The number of carbonyl (C=O) groups excluding carboxylic acids is 3. The third kappa shape index (κ3) is 4.28. The van der Waals surface area contributed by atoms with Crippen molar-refractivity contribution in [1.29, 1.82) is 0 Å². The summed E-state index contributed by atoms with van der Waals surface area (Å²) in [5.74, 6) is -1.71. The Bertz CT molecular complexity index is 1430. The lowest BCUT2D eigenvalue weighted by Crippen LogP contribution is -2.39. The van der Waals surface area contributed by atoms with E-state index < -0.39 is 17.1 Å². The largest absolute Gasteiger partial charge is 0.341 e. The second-order valence-corrected chi connectivity index (χ2v) is 12.5. The molecule has 2 fully saturated rings. The third-order valence-corrected chi connectivity index (χ3v) is 10.4. The number of hydrogen-bond donors (Lipinski definition) is 0. The van der Waals surface area contributed by atoms with E-state index >= 15 is 0 Å². The van der Waals surface area contributed by atoms with Gasteiger partial charge >= 0.3 is 4.87 Å². The Morgan fingerprint density at radius 1 is 0.919 bits per heavy atom. The van der Waals surface area contributed by atoms with E-state index in [2.05, 4.69) is 15.9 Å². The number of nitrogens with zero attached hydrogens (tertiary/aromatic N) is 3. The van der Waals surface area contributed by atoms with Gasteiger partial charge in [0.25, 0.3) is 0 Å². The van der Waals surface area contributed by atoms with Gasteiger partial charge in [0.05, 0.1) is 16.6 Å². The van der Waals surface area contributed by atoms with Crippen molar-refractivity contribution in [2.45, 2.75) is 42.0 Å². The van der Waals surface area contributed by atoms with Gasteiger partial charge in [-0.3, -0.25) is 23.7 Å². The van der Waals surface area contributed by atoms with E-state index in [4.69, 9.17) is 0 Å². The topological polar surface area (TPSA) is 79.7 Å². The molecule has 2 aromatic carbocycles. The number of fused-ring (bicyclic) bond motifs is 2. The summed E-state index contributed by atoms with van der Waals surface area (Å²) in [5, 5.41) is -0.0477. The Morgan fingerprint density at radius 2 is 1.62 bits per heavy atom. The second-order valence-electron chi connectivity index (χ2n) is 9.51. The number of thioether (sulfide) groups is 1. The van der Waals surface area contributed by atoms with E-state index in [-0.39, 0.29) is 29.1 Å². The van der Waals surface area contributed by atoms with Crippen LogP contribution in [0.3, 0.4) is 0 Å². The number of hydrogen-bond acceptors (Lipinski definition) is 6. The predicted octanol–water partition coefficient (Wildman–Crippen LogP) is 4.48. The molecule has 190 valence electrons. The minimum absolute atomic E-state index is 0.0465. The highest BCUT2D eigenvalue weighted by atomic mass is 79.9. The molecular weight excluding hydrogens is 574 g/mol. The number of halogens is 1. The summed E-state index contributed by atoms with van der Waals surface area (Å²) in [7, 11) is 0. The first-order valence-electron chi connectivity index (χ1n) is 12.3. The highest BCUT2D eigenvalue weighted by Gasteiger charge is 2.56. The van der Waals surface area contributed by atoms with Crippen LogP contribution in [0.4, 0.5) is 5.69 Å². The highest BCUT2D eigenvalue weighted by Crippen LogP contribution is 2.53. The second kappa shape index (κ2) is 9.89. The maximum Gasteiger partial charge on any atom is 0.308 e. The molecule has 3 aliphatic rings. The maximum absolute atomic E-state index is 13.8. The SMILES string of the molecule is O=C(Cn1c2c(sc1=O)[C@@H](c1ccccc1)[C@H]1C(=O)N(c3ccc(Br)cc3)C(=O)[C@H]1S2)N1CCCCC1. The zero-order valence-electron chi connectivity index (χ0n) is 19.8. The number of imide groups is 1. The Labute approximate surface area is 230 Å². The van der Waals surface area contributed by atoms with Crippen molar-refractivity contribution in [3.8, 4) is 0 Å². The van der Waals surface area contributed by atoms with Gasteiger partial charge in [-0.1, -0.05) is 69.4 Å². The summed E-state index contributed by atoms with van der Waals surface area (Å²) in [5.41, 5.74) is 1.41. The van der Waals surface area contributed by atoms with Gasteiger partial charge in [0.1, 0.15) is 11.8 Å². The first-order valence-corrected chi connectivity index (χ1v) is 14.8. The standard InChI is InChI=1S/C27H24BrN3O4S2/c28-17-9-11-18(12-10-17)31-24(33)21-20(16-7-3-1-4-8-16)23-26(36-22(21)25(31)34)30(27(35)37-23)15-19(32)29-13-5-2-6-14-29/h1,3-4,7-12,20-22H,2,5-6,13-15H2/t20-,21+,22-/m0/s1. The molecule has 7 nitrogen and oxygen atoms in total. The monoisotopic (exact) mass is 597 g/mol. The first-order chi connectivity index (χ1) is 17.9. The maximum atomic E-state index is 13.8. The van der Waals surface area contributed by atoms with Crippen molar-refractivity contribution < 1.29 is 14.4 Å². The first kappa shape index (κ1) is 24.6. The molecule has 3 atom stereocenters. The zero-order chi connectivity index (χ0) is 25.7. The van der Waals surface area contributed by atoms with Gasteiger partial charge in [-0.2, -0.15) is 0 Å². The summed E-state index contributed by atoms with van der Waals surface area (Å²) in [6.45, 7) is 1.37. The van der Waals surface area contributed by atoms with Crippen LogP contribution in [0.1, 0.15) is 35.6 Å². The number of piperidine rings is 1. The molecule has 3 aromatic rings. The lowest BCUT2D eigenvalue weighted by molar-refractivity contribution is -0.133. The average Bonchev–Trinajstić information content (AvgIpc) is 3.36. The van der Waals surface area contributed by atoms with Crippen molar-refractivity contribution in [2.24, 2.45) is 5.92 Å². The molecule has 0 bridgehead atoms. The van der Waals surface area contributed by atoms with Crippen LogP contribution in [-0.2, 0) is 20.9 Å². The van der Waals surface area contributed by atoms with Crippen LogP contribution in [0.5, 0.6) is 0 Å². The van der Waals surface area contributed by atoms with Crippen LogP contribution >= 0.6 is 39.0 Å². The highest BCUT2D eigenvalue weighted by molar-refractivity contribution is 9.10. The van der Waals surface area contributed by atoms with Crippen molar-refractivity contribution in [2.75, 3.05) is 18.0 Å². The summed E-state index contributed by atoms with van der Waals surface area (Å²) in [4.78, 5) is 57.5. The van der Waals surface area contributed by atoms with Gasteiger partial charge in [-0.05, 0) is 49.1 Å². The van der Waals surface area contributed by atoms with Crippen molar-refractivity contribution >= 4 is 62.4 Å². The van der Waals surface area contributed by atoms with Crippen LogP contribution in [0.25, 0.3) is 0 Å². The normalized spacial score (nSPS) is 23.2. The van der Waals surface area contributed by atoms with Crippen molar-refractivity contribution in [3.05, 3.63) is 79.2 Å². The molecule has 0 unspecified atom stereocenters. The summed E-state index contributed by atoms with van der Waals surface area (Å²) in [6.07, 6.45) is 3.05. The predicted molar refractivity (Wildman–Crippen MR) is 147 cm³/mol. The van der Waals surface area contributed by atoms with Gasteiger partial charge < -0.3 is 4.90 Å². The summed E-state index contributed by atoms with van der Waals surface area (Å²) in [6, 6.07) is 16.7. The lowest BCUT2D eigenvalue weighted by atomic mass is 9.83. The van der Waals surface area contributed by atoms with Gasteiger partial charge in [0.15, 0.2) is 0 Å². The summed E-state index contributed by atoms with van der Waals surface area (Å²) >= 11 is 5.75. The fraction of sp³-hybridized carbons (Fsp3) is 0.333. The van der Waals surface area contributed by atoms with E-state index in [1.54, 1.807) is 24.3 Å². The number of benzene rings is 2. The number of carbonyl (C=O) groups is 3. The minimum Gasteiger partial charge on any atom is -0.341 e. The molecule has 4 heterocycles. The number of likely N-dealkylation sites (tertiary alicyclic amines) is 1. The molecule has 0 radical (unpaired) electrons. The van der Waals surface area contributed by atoms with Crippen molar-refractivity contribution in [3.63, 3.8) is 0 Å². The number of thiazole rings is 1. The van der Waals surface area contributed by atoms with Crippen LogP contribution in [0.2, 0.25) is 0 Å². The molecule has 10 heteroatoms. The summed E-state index contributed by atoms with van der Waals surface area (Å²) < 4.78 is 2.38. The molecule has 0 aliphatic carbocycles. The van der Waals surface area contributed by atoms with Gasteiger partial charge in [-0.25, -0.2) is 4.90 Å². The van der Waals surface area contributed by atoms with Crippen LogP contribution in [0, 0.1) is 5.92 Å². The van der Waals surface area contributed by atoms with Crippen LogP contribution in [-0.4, -0.2) is 45.5 Å². The van der Waals surface area contributed by atoms with Gasteiger partial charge in [0, 0.05) is 28.4 Å². The van der Waals surface area contributed by atoms with Crippen LogP contribution < -0.4 is 9.77 Å². The van der Waals surface area contributed by atoms with Gasteiger partial charge in [0.2, 0.25) is 17.7 Å². The number of rotatable bonds is 4. The minimum atomic E-state index is -0.681. The molecule has 37 heavy (non-hydrogen) atoms. The van der Waals surface area contributed by atoms with Crippen LogP contribution in [0.15, 0.2) is 68.9 Å². The molecule has 1 aromatic heterocycles. The molecule has 2 saturated heterocycles. The molecule has 6 rings (SSSR count). The molecule has 3 aliphatic heterocycles. The molecule has 0 saturated carbocycles. The molecule has 0 N–H and O–H groups in total. The Morgan fingerprint density at radius 3 is 2.32 bits per heavy atom. The smallest absolute Gasteiger partial charge is 0.308 e. The van der Waals surface area contributed by atoms with E-state index in [0.29, 0.717) is 23.8 Å². The fourth-order valence-corrected chi connectivity index (χ4v) is 8.54. The Kier molecular flexibility index (Phi) is 6.58. The van der Waals surface area contributed by atoms with Crippen molar-refractivity contribution in [1.82, 2.24) is 9.47 Å². The Hall–Kier alpha value is -2.69. The lowest BCUT2D eigenvalue weighted by Gasteiger charge is -2.31. The molecule has 0 spiro atoms. The number of aromatic nitrogens is 1. The molecule has 3 amide bonds. The zero-order valence-corrected chi connectivity index (χ0v) is 23.1. The fourth-order valence-electron chi connectivity index (χ4n) is 5.50. The number of anilines is 1. The van der Waals surface area contributed by atoms with E-state index in [1.807, 2.05) is 35.2 Å². The number of amides is 3. The quantitative estimate of drug-likeness (QED) is 0.414. The third-order valence-electron chi connectivity index (χ3n) is 7.29. The van der Waals surface area contributed by atoms with E-state index in [1.165, 1.54) is 21.2 Å². The average molecular weight is 599 g/mol. The Balaban J connectivity index is 1.42. The van der Waals surface area contributed by atoms with E-state index in [0.717, 1.165) is 45.5 Å². The van der Waals surface area contributed by atoms with E-state index in [9.17, 15) is 19.2 Å². The molecular formula is C27H24BrN3O4S2. The van der Waals surface area contributed by atoms with Gasteiger partial charge in [-0.15, -0.1) is 0 Å².